The Bertz CT molecular complexity index is 1220. The zero-order chi connectivity index (χ0) is 25.4. The molecule has 0 spiro atoms. The molecule has 0 unspecified atom stereocenters. The van der Waals surface area contributed by atoms with Gasteiger partial charge < -0.3 is 26.3 Å². The van der Waals surface area contributed by atoms with E-state index in [1.807, 2.05) is 30.3 Å². The van der Waals surface area contributed by atoms with Crippen molar-refractivity contribution in [2.24, 2.45) is 11.7 Å². The maximum Gasteiger partial charge on any atom is 0.252 e. The van der Waals surface area contributed by atoms with Crippen LogP contribution in [0.5, 0.6) is 11.5 Å². The minimum absolute atomic E-state index is 0.209. The molecule has 0 aliphatic carbocycles. The summed E-state index contributed by atoms with van der Waals surface area (Å²) in [6.07, 6.45) is 2.18. The predicted molar refractivity (Wildman–Crippen MR) is 139 cm³/mol. The number of anilines is 2. The summed E-state index contributed by atoms with van der Waals surface area (Å²) in [6.45, 7) is 4.41. The molecular weight excluding hydrogens is 442 g/mol. The molecular formula is C28H31N3O4. The molecule has 0 bridgehead atoms. The first-order valence-corrected chi connectivity index (χ1v) is 11.3. The molecule has 3 aromatic rings. The van der Waals surface area contributed by atoms with E-state index in [0.29, 0.717) is 40.6 Å². The van der Waals surface area contributed by atoms with Crippen molar-refractivity contribution >= 4 is 23.1 Å². The largest absolute Gasteiger partial charge is 0.496 e. The van der Waals surface area contributed by atoms with Gasteiger partial charge in [-0.3, -0.25) is 9.59 Å². The fraction of sp³-hybridized carbons (Fsp3) is 0.214. The van der Waals surface area contributed by atoms with E-state index >= 15 is 0 Å². The topological polar surface area (TPSA) is 117 Å². The Balaban J connectivity index is 1.88. The van der Waals surface area contributed by atoms with E-state index in [0.717, 1.165) is 5.56 Å². The first kappa shape index (κ1) is 25.4. The molecule has 182 valence electrons. The van der Waals surface area contributed by atoms with Gasteiger partial charge in [0.15, 0.2) is 5.78 Å². The van der Waals surface area contributed by atoms with Gasteiger partial charge in [-0.25, -0.2) is 0 Å². The van der Waals surface area contributed by atoms with E-state index in [1.165, 1.54) is 7.11 Å². The van der Waals surface area contributed by atoms with Gasteiger partial charge in [0.1, 0.15) is 18.1 Å². The Hall–Kier alpha value is -4.26. The fourth-order valence-corrected chi connectivity index (χ4v) is 3.58. The zero-order valence-electron chi connectivity index (χ0n) is 20.2. The molecule has 0 atom stereocenters. The highest BCUT2D eigenvalue weighted by Crippen LogP contribution is 2.27. The summed E-state index contributed by atoms with van der Waals surface area (Å²) in [4.78, 5) is 25.0. The molecule has 0 aliphatic rings. The summed E-state index contributed by atoms with van der Waals surface area (Å²) >= 11 is 0. The van der Waals surface area contributed by atoms with Crippen LogP contribution in [0.15, 0.2) is 78.5 Å². The average molecular weight is 474 g/mol. The number of primary amides is 1. The quantitative estimate of drug-likeness (QED) is 0.201. The minimum atomic E-state index is -0.580. The molecule has 0 radical (unpaired) electrons. The van der Waals surface area contributed by atoms with Crippen molar-refractivity contribution in [1.29, 1.82) is 0 Å². The van der Waals surface area contributed by atoms with Crippen molar-refractivity contribution in [2.45, 2.75) is 26.9 Å². The van der Waals surface area contributed by atoms with Crippen LogP contribution in [0.4, 0.5) is 11.4 Å². The second-order valence-corrected chi connectivity index (χ2v) is 8.57. The predicted octanol–water partition coefficient (Wildman–Crippen LogP) is 5.18. The fourth-order valence-electron chi connectivity index (χ4n) is 3.58. The van der Waals surface area contributed by atoms with E-state index in [1.54, 1.807) is 42.5 Å². The number of nitrogens with two attached hydrogens (primary N) is 2. The summed E-state index contributed by atoms with van der Waals surface area (Å²) in [5.41, 5.74) is 14.9. The lowest BCUT2D eigenvalue weighted by Gasteiger charge is -2.16. The van der Waals surface area contributed by atoms with Crippen LogP contribution in [0.25, 0.3) is 0 Å². The third-order valence-corrected chi connectivity index (χ3v) is 5.21. The van der Waals surface area contributed by atoms with Crippen LogP contribution in [-0.4, -0.2) is 18.8 Å². The third kappa shape index (κ3) is 7.11. The Morgan fingerprint density at radius 2 is 1.69 bits per heavy atom. The summed E-state index contributed by atoms with van der Waals surface area (Å²) in [6, 6.07) is 19.6. The smallest absolute Gasteiger partial charge is 0.252 e. The van der Waals surface area contributed by atoms with Gasteiger partial charge >= 0.3 is 0 Å². The number of ether oxygens (including phenoxy) is 2. The Morgan fingerprint density at radius 1 is 0.971 bits per heavy atom. The molecule has 0 fully saturated rings. The van der Waals surface area contributed by atoms with Gasteiger partial charge in [0.05, 0.1) is 18.2 Å². The number of nitrogen functional groups attached to an aromatic ring is 1. The number of nitrogens with one attached hydrogen (secondary N) is 1. The maximum atomic E-state index is 13.1. The van der Waals surface area contributed by atoms with Gasteiger partial charge in [-0.05, 0) is 42.2 Å². The SMILES string of the molecule is COc1cc(N)ccc1C(=O)/C=C(/CC(C)C)Nc1ccc(C(N)=O)c(OCc2ccccc2)c1. The summed E-state index contributed by atoms with van der Waals surface area (Å²) in [7, 11) is 1.50. The second-order valence-electron chi connectivity index (χ2n) is 8.57. The van der Waals surface area contributed by atoms with E-state index in [4.69, 9.17) is 20.9 Å². The van der Waals surface area contributed by atoms with Crippen molar-refractivity contribution in [3.63, 3.8) is 0 Å². The molecule has 7 nitrogen and oxygen atoms in total. The molecule has 35 heavy (non-hydrogen) atoms. The zero-order valence-corrected chi connectivity index (χ0v) is 20.2. The van der Waals surface area contributed by atoms with Gasteiger partial charge in [0.2, 0.25) is 0 Å². The maximum absolute atomic E-state index is 13.1. The van der Waals surface area contributed by atoms with Crippen molar-refractivity contribution in [3.05, 3.63) is 95.2 Å². The monoisotopic (exact) mass is 473 g/mol. The summed E-state index contributed by atoms with van der Waals surface area (Å²) in [5, 5.41) is 3.31. The highest BCUT2D eigenvalue weighted by atomic mass is 16.5. The highest BCUT2D eigenvalue weighted by Gasteiger charge is 2.15. The molecule has 0 heterocycles. The van der Waals surface area contributed by atoms with Crippen LogP contribution in [0.1, 0.15) is 46.5 Å². The molecule has 0 saturated carbocycles. The van der Waals surface area contributed by atoms with Crippen molar-refractivity contribution in [3.8, 4) is 11.5 Å². The van der Waals surface area contributed by atoms with E-state index in [2.05, 4.69) is 19.2 Å². The highest BCUT2D eigenvalue weighted by molar-refractivity contribution is 6.07. The van der Waals surface area contributed by atoms with Gasteiger partial charge in [0, 0.05) is 35.3 Å². The number of amides is 1. The Morgan fingerprint density at radius 3 is 2.34 bits per heavy atom. The molecule has 0 aliphatic heterocycles. The second kappa shape index (κ2) is 11.7. The summed E-state index contributed by atoms with van der Waals surface area (Å²) in [5.74, 6) is 0.274. The summed E-state index contributed by atoms with van der Waals surface area (Å²) < 4.78 is 11.3. The molecule has 3 rings (SSSR count). The van der Waals surface area contributed by atoms with Crippen LogP contribution in [0.3, 0.4) is 0 Å². The van der Waals surface area contributed by atoms with Crippen LogP contribution in [0.2, 0.25) is 0 Å². The number of methoxy groups -OCH3 is 1. The number of carbonyl (C=O) groups is 2. The first-order valence-electron chi connectivity index (χ1n) is 11.3. The number of hydrogen-bond acceptors (Lipinski definition) is 6. The van der Waals surface area contributed by atoms with Crippen molar-refractivity contribution < 1.29 is 19.1 Å². The minimum Gasteiger partial charge on any atom is -0.496 e. The van der Waals surface area contributed by atoms with E-state index in [-0.39, 0.29) is 23.9 Å². The Kier molecular flexibility index (Phi) is 8.51. The van der Waals surface area contributed by atoms with Crippen molar-refractivity contribution in [2.75, 3.05) is 18.2 Å². The molecule has 7 heteroatoms. The molecule has 3 aromatic carbocycles. The lowest BCUT2D eigenvalue weighted by Crippen LogP contribution is -2.14. The molecule has 1 amide bonds. The lowest BCUT2D eigenvalue weighted by atomic mass is 10.0. The number of rotatable bonds is 11. The van der Waals surface area contributed by atoms with Crippen molar-refractivity contribution in [1.82, 2.24) is 0 Å². The normalized spacial score (nSPS) is 11.3. The number of hydrogen-bond donors (Lipinski definition) is 3. The average Bonchev–Trinajstić information content (AvgIpc) is 2.82. The van der Waals surface area contributed by atoms with Gasteiger partial charge in [-0.1, -0.05) is 44.2 Å². The van der Waals surface area contributed by atoms with Gasteiger partial charge in [-0.2, -0.15) is 0 Å². The standard InChI is InChI=1S/C28H31N3O4/c1-18(2)13-22(15-25(32)23-11-9-20(29)14-26(23)34-3)31-21-10-12-24(28(30)33)27(16-21)35-17-19-7-5-4-6-8-19/h4-12,14-16,18,31H,13,17,29H2,1-3H3,(H2,30,33)/b22-15-. The first-order chi connectivity index (χ1) is 16.8. The number of ketones is 1. The van der Waals surface area contributed by atoms with Crippen LogP contribution in [0, 0.1) is 5.92 Å². The van der Waals surface area contributed by atoms with Gasteiger partial charge in [0.25, 0.3) is 5.91 Å². The number of carbonyl (C=O) groups excluding carboxylic acids is 2. The van der Waals surface area contributed by atoms with Crippen LogP contribution < -0.4 is 26.3 Å². The van der Waals surface area contributed by atoms with Gasteiger partial charge in [-0.15, -0.1) is 0 Å². The number of benzene rings is 3. The number of allylic oxidation sites excluding steroid dienone is 2. The third-order valence-electron chi connectivity index (χ3n) is 5.21. The van der Waals surface area contributed by atoms with Crippen LogP contribution >= 0.6 is 0 Å². The molecule has 0 saturated heterocycles. The van der Waals surface area contributed by atoms with Crippen LogP contribution in [-0.2, 0) is 6.61 Å². The molecule has 5 N–H and O–H groups in total. The lowest BCUT2D eigenvalue weighted by molar-refractivity contribution is 0.0994. The Labute approximate surface area is 205 Å². The van der Waals surface area contributed by atoms with E-state index < -0.39 is 5.91 Å². The molecule has 0 aromatic heterocycles. The van der Waals surface area contributed by atoms with E-state index in [9.17, 15) is 9.59 Å².